The summed E-state index contributed by atoms with van der Waals surface area (Å²) in [6.07, 6.45) is 1.01. The largest absolute Gasteiger partial charge is 0.497 e. The van der Waals surface area contributed by atoms with E-state index in [2.05, 4.69) is 18.7 Å². The third-order valence-corrected chi connectivity index (χ3v) is 4.85. The molecule has 134 valence electrons. The zero-order chi connectivity index (χ0) is 17.7. The van der Waals surface area contributed by atoms with Crippen LogP contribution < -0.4 is 9.47 Å². The molecule has 1 saturated heterocycles. The van der Waals surface area contributed by atoms with Gasteiger partial charge in [-0.05, 0) is 25.1 Å². The molecule has 0 bridgehead atoms. The van der Waals surface area contributed by atoms with E-state index in [0.29, 0.717) is 23.1 Å². The molecule has 0 amide bonds. The van der Waals surface area contributed by atoms with Gasteiger partial charge in [0.25, 0.3) is 0 Å². The van der Waals surface area contributed by atoms with E-state index in [-0.39, 0.29) is 0 Å². The van der Waals surface area contributed by atoms with Gasteiger partial charge in [0, 0.05) is 37.3 Å². The van der Waals surface area contributed by atoms with E-state index < -0.39 is 12.0 Å². The summed E-state index contributed by atoms with van der Waals surface area (Å²) in [7, 11) is 3.14. The number of likely N-dealkylation sites (N-methyl/N-ethyl adjacent to an activating group) is 1. The second-order valence-electron chi connectivity index (χ2n) is 6.03. The molecule has 6 heteroatoms. The standard InChI is InChI=1S/C18H28N2O4/c1-5-13-12-20(10-9-19(13)6-2)17(18(21)22)15-8-7-14(23-3)11-16(15)24-4/h7-8,11,13,17H,5-6,9-10,12H2,1-4H3,(H,21,22). The zero-order valence-electron chi connectivity index (χ0n) is 15.0. The number of carboxylic acid groups (broad SMARTS) is 1. The minimum atomic E-state index is -0.849. The van der Waals surface area contributed by atoms with Crippen LogP contribution in [-0.4, -0.2) is 67.3 Å². The Morgan fingerprint density at radius 3 is 2.58 bits per heavy atom. The lowest BCUT2D eigenvalue weighted by molar-refractivity contribution is -0.145. The molecule has 1 aromatic rings. The maximum absolute atomic E-state index is 12.0. The third kappa shape index (κ3) is 3.82. The molecule has 0 spiro atoms. The van der Waals surface area contributed by atoms with E-state index >= 15 is 0 Å². The summed E-state index contributed by atoms with van der Waals surface area (Å²) < 4.78 is 10.6. The van der Waals surface area contributed by atoms with E-state index in [9.17, 15) is 9.90 Å². The first-order valence-corrected chi connectivity index (χ1v) is 8.48. The topological polar surface area (TPSA) is 62.2 Å². The molecule has 0 aliphatic carbocycles. The first-order chi connectivity index (χ1) is 11.5. The molecule has 2 atom stereocenters. The van der Waals surface area contributed by atoms with Gasteiger partial charge in [0.1, 0.15) is 17.5 Å². The van der Waals surface area contributed by atoms with Crippen LogP contribution in [0.4, 0.5) is 0 Å². The highest BCUT2D eigenvalue weighted by Gasteiger charge is 2.35. The minimum absolute atomic E-state index is 0.384. The number of carboxylic acids is 1. The molecule has 6 nitrogen and oxygen atoms in total. The lowest BCUT2D eigenvalue weighted by atomic mass is 10.0. The summed E-state index contributed by atoms with van der Waals surface area (Å²) in [5, 5.41) is 9.87. The van der Waals surface area contributed by atoms with Crippen LogP contribution in [0.15, 0.2) is 18.2 Å². The fourth-order valence-corrected chi connectivity index (χ4v) is 3.49. The highest BCUT2D eigenvalue weighted by Crippen LogP contribution is 2.34. The number of methoxy groups -OCH3 is 2. The summed E-state index contributed by atoms with van der Waals surface area (Å²) in [5.41, 5.74) is 0.672. The summed E-state index contributed by atoms with van der Waals surface area (Å²) in [4.78, 5) is 16.5. The first-order valence-electron chi connectivity index (χ1n) is 8.48. The number of piperazine rings is 1. The van der Waals surface area contributed by atoms with Gasteiger partial charge in [-0.2, -0.15) is 0 Å². The number of nitrogens with zero attached hydrogens (tertiary/aromatic N) is 2. The molecule has 0 saturated carbocycles. The molecule has 1 fully saturated rings. The summed E-state index contributed by atoms with van der Waals surface area (Å²) in [6, 6.07) is 5.00. The second kappa shape index (κ2) is 8.35. The molecule has 0 radical (unpaired) electrons. The Morgan fingerprint density at radius 1 is 1.29 bits per heavy atom. The van der Waals surface area contributed by atoms with Gasteiger partial charge in [0.2, 0.25) is 0 Å². The van der Waals surface area contributed by atoms with Gasteiger partial charge < -0.3 is 14.6 Å². The van der Waals surface area contributed by atoms with Crippen molar-refractivity contribution in [1.82, 2.24) is 9.80 Å². The lowest BCUT2D eigenvalue weighted by Crippen LogP contribution is -2.54. The van der Waals surface area contributed by atoms with Gasteiger partial charge in [0.15, 0.2) is 0 Å². The normalized spacial score (nSPS) is 20.6. The van der Waals surface area contributed by atoms with Crippen molar-refractivity contribution in [2.75, 3.05) is 40.4 Å². The van der Waals surface area contributed by atoms with Crippen LogP contribution in [0.5, 0.6) is 11.5 Å². The van der Waals surface area contributed by atoms with E-state index in [1.807, 2.05) is 4.90 Å². The van der Waals surface area contributed by atoms with Crippen LogP contribution in [0, 0.1) is 0 Å². The van der Waals surface area contributed by atoms with E-state index in [1.54, 1.807) is 32.4 Å². The van der Waals surface area contributed by atoms with Gasteiger partial charge >= 0.3 is 5.97 Å². The Morgan fingerprint density at radius 2 is 2.04 bits per heavy atom. The summed E-state index contributed by atoms with van der Waals surface area (Å²) in [5.74, 6) is 0.355. The van der Waals surface area contributed by atoms with Crippen LogP contribution in [-0.2, 0) is 4.79 Å². The van der Waals surface area contributed by atoms with Gasteiger partial charge in [-0.15, -0.1) is 0 Å². The highest BCUT2D eigenvalue weighted by molar-refractivity contribution is 5.77. The maximum atomic E-state index is 12.0. The Balaban J connectivity index is 2.32. The van der Waals surface area contributed by atoms with Crippen LogP contribution in [0.25, 0.3) is 0 Å². The van der Waals surface area contributed by atoms with E-state index in [4.69, 9.17) is 9.47 Å². The highest BCUT2D eigenvalue weighted by atomic mass is 16.5. The number of hydrogen-bond acceptors (Lipinski definition) is 5. The van der Waals surface area contributed by atoms with Gasteiger partial charge in [-0.25, -0.2) is 0 Å². The third-order valence-electron chi connectivity index (χ3n) is 4.85. The van der Waals surface area contributed by atoms with Crippen molar-refractivity contribution in [2.45, 2.75) is 32.4 Å². The average Bonchev–Trinajstić information content (AvgIpc) is 2.61. The van der Waals surface area contributed by atoms with Crippen molar-refractivity contribution in [3.8, 4) is 11.5 Å². The second-order valence-corrected chi connectivity index (χ2v) is 6.03. The predicted molar refractivity (Wildman–Crippen MR) is 92.8 cm³/mol. The molecule has 1 N–H and O–H groups in total. The number of benzene rings is 1. The number of ether oxygens (including phenoxy) is 2. The van der Waals surface area contributed by atoms with Gasteiger partial charge in [-0.3, -0.25) is 14.6 Å². The molecule has 1 aliphatic heterocycles. The Bertz CT molecular complexity index is 564. The molecule has 24 heavy (non-hydrogen) atoms. The monoisotopic (exact) mass is 336 g/mol. The Kier molecular flexibility index (Phi) is 6.45. The van der Waals surface area contributed by atoms with Crippen LogP contribution in [0.2, 0.25) is 0 Å². The van der Waals surface area contributed by atoms with Crippen molar-refractivity contribution in [3.05, 3.63) is 23.8 Å². The fraction of sp³-hybridized carbons (Fsp3) is 0.611. The minimum Gasteiger partial charge on any atom is -0.497 e. The Hall–Kier alpha value is -1.79. The summed E-state index contributed by atoms with van der Waals surface area (Å²) in [6.45, 7) is 7.67. The SMILES string of the molecule is CCC1CN(C(C(=O)O)c2ccc(OC)cc2OC)CCN1CC. The quantitative estimate of drug-likeness (QED) is 0.824. The molecule has 0 aromatic heterocycles. The van der Waals surface area contributed by atoms with Crippen LogP contribution >= 0.6 is 0 Å². The van der Waals surface area contributed by atoms with E-state index in [0.717, 1.165) is 32.6 Å². The van der Waals surface area contributed by atoms with Crippen molar-refractivity contribution >= 4 is 5.97 Å². The van der Waals surface area contributed by atoms with Crippen LogP contribution in [0.1, 0.15) is 31.9 Å². The maximum Gasteiger partial charge on any atom is 0.325 e. The van der Waals surface area contributed by atoms with Crippen molar-refractivity contribution in [3.63, 3.8) is 0 Å². The van der Waals surface area contributed by atoms with Crippen molar-refractivity contribution < 1.29 is 19.4 Å². The fourth-order valence-electron chi connectivity index (χ4n) is 3.49. The summed E-state index contributed by atoms with van der Waals surface area (Å²) >= 11 is 0. The Labute approximate surface area is 144 Å². The van der Waals surface area contributed by atoms with Gasteiger partial charge in [-0.1, -0.05) is 13.8 Å². The molecule has 1 heterocycles. The first kappa shape index (κ1) is 18.5. The number of carbonyl (C=O) groups is 1. The molecule has 1 aromatic carbocycles. The lowest BCUT2D eigenvalue weighted by Gasteiger charge is -2.43. The number of aliphatic carboxylic acids is 1. The molecular weight excluding hydrogens is 308 g/mol. The van der Waals surface area contributed by atoms with Crippen molar-refractivity contribution in [1.29, 1.82) is 0 Å². The number of hydrogen-bond donors (Lipinski definition) is 1. The smallest absolute Gasteiger partial charge is 0.325 e. The van der Waals surface area contributed by atoms with Gasteiger partial charge in [0.05, 0.1) is 14.2 Å². The molecule has 2 unspecified atom stereocenters. The number of rotatable bonds is 7. The molecule has 1 aliphatic rings. The van der Waals surface area contributed by atoms with E-state index in [1.165, 1.54) is 0 Å². The zero-order valence-corrected chi connectivity index (χ0v) is 15.0. The van der Waals surface area contributed by atoms with Crippen LogP contribution in [0.3, 0.4) is 0 Å². The molecular formula is C18H28N2O4. The predicted octanol–water partition coefficient (Wildman–Crippen LogP) is 2.25. The average molecular weight is 336 g/mol. The van der Waals surface area contributed by atoms with Crippen molar-refractivity contribution in [2.24, 2.45) is 0 Å². The molecule has 2 rings (SSSR count).